The Kier molecular flexibility index (Phi) is 4.67. The number of ether oxygens (including phenoxy) is 1. The minimum atomic E-state index is -0.637. The molecule has 1 aromatic carbocycles. The molecular weight excluding hydrogens is 350 g/mol. The molecule has 8 nitrogen and oxygen atoms in total. The molecule has 27 heavy (non-hydrogen) atoms. The zero-order valence-corrected chi connectivity index (χ0v) is 15.9. The third-order valence-electron chi connectivity index (χ3n) is 4.80. The molecule has 2 aliphatic heterocycles. The molecule has 1 aromatic rings. The number of methoxy groups -OCH3 is 1. The molecular formula is C19H23N3O5. The second-order valence-electron chi connectivity index (χ2n) is 7.63. The summed E-state index contributed by atoms with van der Waals surface area (Å²) in [4.78, 5) is 53.9. The quantitative estimate of drug-likeness (QED) is 0.698. The molecule has 0 N–H and O–H groups in total. The lowest BCUT2D eigenvalue weighted by molar-refractivity contribution is 0.0507. The van der Waals surface area contributed by atoms with Gasteiger partial charge in [-0.3, -0.25) is 19.3 Å². The lowest BCUT2D eigenvalue weighted by Crippen LogP contribution is -2.50. The summed E-state index contributed by atoms with van der Waals surface area (Å²) in [7, 11) is 1.32. The topological polar surface area (TPSA) is 87.2 Å². The molecule has 1 fully saturated rings. The first-order valence-electron chi connectivity index (χ1n) is 8.80. The number of nitrogens with zero attached hydrogens (tertiary/aromatic N) is 3. The summed E-state index contributed by atoms with van der Waals surface area (Å²) in [5, 5.41) is 0. The van der Waals surface area contributed by atoms with E-state index in [9.17, 15) is 19.2 Å². The van der Waals surface area contributed by atoms with Crippen molar-refractivity contribution in [2.24, 2.45) is 0 Å². The number of fused-ring (bicyclic) bond motifs is 1. The third-order valence-corrected chi connectivity index (χ3v) is 4.80. The normalized spacial score (nSPS) is 17.3. The van der Waals surface area contributed by atoms with E-state index in [4.69, 9.17) is 0 Å². The fourth-order valence-corrected chi connectivity index (χ4v) is 3.39. The summed E-state index contributed by atoms with van der Waals surface area (Å²) in [6.45, 7) is 6.92. The number of benzene rings is 1. The van der Waals surface area contributed by atoms with Gasteiger partial charge >= 0.3 is 6.09 Å². The smallest absolute Gasteiger partial charge is 0.409 e. The summed E-state index contributed by atoms with van der Waals surface area (Å²) < 4.78 is 4.69. The van der Waals surface area contributed by atoms with Gasteiger partial charge in [-0.2, -0.15) is 0 Å². The van der Waals surface area contributed by atoms with E-state index in [1.165, 1.54) is 23.0 Å². The van der Waals surface area contributed by atoms with Crippen molar-refractivity contribution in [3.63, 3.8) is 0 Å². The van der Waals surface area contributed by atoms with Gasteiger partial charge in [0.05, 0.1) is 18.2 Å². The standard InChI is InChI=1S/C19H23N3O5/c1-19(2,3)22-16(24)13-6-5-12(11-14(13)17(22)25)15(23)20-7-9-21(10-8-20)18(26)27-4/h5-6,11H,7-10H2,1-4H3. The van der Waals surface area contributed by atoms with Crippen molar-refractivity contribution in [3.05, 3.63) is 34.9 Å². The zero-order valence-electron chi connectivity index (χ0n) is 15.9. The number of amides is 4. The van der Waals surface area contributed by atoms with Gasteiger partial charge in [0.2, 0.25) is 0 Å². The lowest BCUT2D eigenvalue weighted by atomic mass is 10.0. The second-order valence-corrected chi connectivity index (χ2v) is 7.63. The monoisotopic (exact) mass is 373 g/mol. The van der Waals surface area contributed by atoms with Crippen LogP contribution in [0.25, 0.3) is 0 Å². The zero-order chi connectivity index (χ0) is 19.9. The Labute approximate surface area is 157 Å². The van der Waals surface area contributed by atoms with Gasteiger partial charge in [-0.1, -0.05) is 0 Å². The summed E-state index contributed by atoms with van der Waals surface area (Å²) in [5.41, 5.74) is 0.301. The molecule has 0 spiro atoms. The Morgan fingerprint density at radius 1 is 0.926 bits per heavy atom. The summed E-state index contributed by atoms with van der Waals surface area (Å²) in [6, 6.07) is 4.61. The van der Waals surface area contributed by atoms with Crippen LogP contribution < -0.4 is 0 Å². The molecule has 3 rings (SSSR count). The molecule has 4 amide bonds. The highest BCUT2D eigenvalue weighted by molar-refractivity contribution is 6.22. The van der Waals surface area contributed by atoms with Gasteiger partial charge in [-0.25, -0.2) is 4.79 Å². The maximum atomic E-state index is 12.8. The van der Waals surface area contributed by atoms with Gasteiger partial charge in [0.15, 0.2) is 0 Å². The number of hydrogen-bond donors (Lipinski definition) is 0. The van der Waals surface area contributed by atoms with E-state index in [0.717, 1.165) is 0 Å². The van der Waals surface area contributed by atoms with Crippen LogP contribution in [-0.4, -0.2) is 77.3 Å². The van der Waals surface area contributed by atoms with E-state index in [0.29, 0.717) is 37.3 Å². The van der Waals surface area contributed by atoms with Crippen LogP contribution in [0, 0.1) is 0 Å². The van der Waals surface area contributed by atoms with Crippen molar-refractivity contribution >= 4 is 23.8 Å². The molecule has 0 radical (unpaired) electrons. The first-order chi connectivity index (χ1) is 12.6. The molecule has 144 valence electrons. The summed E-state index contributed by atoms with van der Waals surface area (Å²) in [5.74, 6) is -0.947. The first kappa shape index (κ1) is 18.9. The van der Waals surface area contributed by atoms with Crippen LogP contribution in [0.4, 0.5) is 4.79 Å². The van der Waals surface area contributed by atoms with Gasteiger partial charge in [0, 0.05) is 37.3 Å². The number of imide groups is 1. The Hall–Kier alpha value is -2.90. The Bertz CT molecular complexity index is 819. The van der Waals surface area contributed by atoms with Crippen LogP contribution in [-0.2, 0) is 4.74 Å². The van der Waals surface area contributed by atoms with E-state index >= 15 is 0 Å². The molecule has 0 aliphatic carbocycles. The highest BCUT2D eigenvalue weighted by Crippen LogP contribution is 2.30. The minimum absolute atomic E-state index is 0.225. The van der Waals surface area contributed by atoms with E-state index in [-0.39, 0.29) is 23.3 Å². The number of carbonyl (C=O) groups is 4. The average Bonchev–Trinajstić information content (AvgIpc) is 2.90. The van der Waals surface area contributed by atoms with Crippen LogP contribution in [0.1, 0.15) is 51.8 Å². The van der Waals surface area contributed by atoms with Crippen LogP contribution in [0.2, 0.25) is 0 Å². The Morgan fingerprint density at radius 3 is 2.04 bits per heavy atom. The first-order valence-corrected chi connectivity index (χ1v) is 8.80. The predicted molar refractivity (Wildman–Crippen MR) is 96.6 cm³/mol. The van der Waals surface area contributed by atoms with Gasteiger partial charge < -0.3 is 14.5 Å². The fraction of sp³-hybridized carbons (Fsp3) is 0.474. The van der Waals surface area contributed by atoms with Crippen molar-refractivity contribution in [1.29, 1.82) is 0 Å². The summed E-state index contributed by atoms with van der Waals surface area (Å²) in [6.07, 6.45) is -0.411. The van der Waals surface area contributed by atoms with Crippen molar-refractivity contribution in [1.82, 2.24) is 14.7 Å². The van der Waals surface area contributed by atoms with Crippen molar-refractivity contribution in [2.45, 2.75) is 26.3 Å². The van der Waals surface area contributed by atoms with E-state index in [2.05, 4.69) is 4.74 Å². The van der Waals surface area contributed by atoms with Crippen LogP contribution in [0.15, 0.2) is 18.2 Å². The fourth-order valence-electron chi connectivity index (χ4n) is 3.39. The van der Waals surface area contributed by atoms with Crippen molar-refractivity contribution < 1.29 is 23.9 Å². The van der Waals surface area contributed by atoms with Crippen LogP contribution >= 0.6 is 0 Å². The largest absolute Gasteiger partial charge is 0.453 e. The SMILES string of the molecule is COC(=O)N1CCN(C(=O)c2ccc3c(c2)C(=O)N(C(C)(C)C)C3=O)CC1. The lowest BCUT2D eigenvalue weighted by Gasteiger charge is -2.33. The molecule has 0 bridgehead atoms. The van der Waals surface area contributed by atoms with Crippen LogP contribution in [0.5, 0.6) is 0 Å². The number of carbonyl (C=O) groups excluding carboxylic acids is 4. The van der Waals surface area contributed by atoms with Crippen molar-refractivity contribution in [2.75, 3.05) is 33.3 Å². The van der Waals surface area contributed by atoms with Gasteiger partial charge in [0.1, 0.15) is 0 Å². The van der Waals surface area contributed by atoms with E-state index < -0.39 is 11.6 Å². The highest BCUT2D eigenvalue weighted by atomic mass is 16.5. The molecule has 0 aromatic heterocycles. The number of hydrogen-bond acceptors (Lipinski definition) is 5. The summed E-state index contributed by atoms with van der Waals surface area (Å²) >= 11 is 0. The van der Waals surface area contributed by atoms with Crippen molar-refractivity contribution in [3.8, 4) is 0 Å². The molecule has 1 saturated heterocycles. The second kappa shape index (κ2) is 6.68. The Balaban J connectivity index is 1.78. The number of rotatable bonds is 1. The average molecular weight is 373 g/mol. The Morgan fingerprint density at radius 2 is 1.48 bits per heavy atom. The molecule has 2 heterocycles. The minimum Gasteiger partial charge on any atom is -0.453 e. The highest BCUT2D eigenvalue weighted by Gasteiger charge is 2.42. The van der Waals surface area contributed by atoms with Crippen LogP contribution in [0.3, 0.4) is 0 Å². The maximum absolute atomic E-state index is 12.8. The number of piperazine rings is 1. The molecule has 0 unspecified atom stereocenters. The van der Waals surface area contributed by atoms with E-state index in [1.807, 2.05) is 0 Å². The van der Waals surface area contributed by atoms with E-state index in [1.54, 1.807) is 37.8 Å². The third kappa shape index (κ3) is 3.27. The molecule has 8 heteroatoms. The molecule has 0 atom stereocenters. The predicted octanol–water partition coefficient (Wildman–Crippen LogP) is 1.61. The van der Waals surface area contributed by atoms with Gasteiger partial charge in [0.25, 0.3) is 17.7 Å². The molecule has 0 saturated carbocycles. The van der Waals surface area contributed by atoms with Gasteiger partial charge in [-0.15, -0.1) is 0 Å². The molecule has 2 aliphatic rings. The van der Waals surface area contributed by atoms with Gasteiger partial charge in [-0.05, 0) is 39.0 Å². The maximum Gasteiger partial charge on any atom is 0.409 e.